The second-order valence-electron chi connectivity index (χ2n) is 6.17. The van der Waals surface area contributed by atoms with Gasteiger partial charge in [-0.25, -0.2) is 4.98 Å². The molecule has 1 saturated heterocycles. The summed E-state index contributed by atoms with van der Waals surface area (Å²) in [6.45, 7) is 3.81. The number of aliphatic hydroxyl groups excluding tert-OH is 1. The van der Waals surface area contributed by atoms with E-state index in [9.17, 15) is 14.7 Å². The summed E-state index contributed by atoms with van der Waals surface area (Å²) in [5.41, 5.74) is 3.09. The summed E-state index contributed by atoms with van der Waals surface area (Å²) in [7, 11) is 0. The first-order valence-electron chi connectivity index (χ1n) is 7.66. The predicted molar refractivity (Wildman–Crippen MR) is 83.9 cm³/mol. The highest BCUT2D eigenvalue weighted by atomic mass is 16.3. The molecular weight excluding hydrogens is 296 g/mol. The van der Waals surface area contributed by atoms with E-state index >= 15 is 0 Å². The van der Waals surface area contributed by atoms with Crippen LogP contribution >= 0.6 is 0 Å². The van der Waals surface area contributed by atoms with E-state index in [1.807, 2.05) is 19.9 Å². The minimum atomic E-state index is -0.701. The minimum absolute atomic E-state index is 0.00519. The average molecular weight is 316 g/mol. The van der Waals surface area contributed by atoms with Crippen molar-refractivity contribution >= 4 is 17.6 Å². The molecule has 3 rings (SSSR count). The van der Waals surface area contributed by atoms with Gasteiger partial charge in [0.2, 0.25) is 11.8 Å². The highest BCUT2D eigenvalue weighted by Crippen LogP contribution is 2.30. The number of rotatable bonds is 4. The third kappa shape index (κ3) is 2.85. The molecule has 0 saturated carbocycles. The summed E-state index contributed by atoms with van der Waals surface area (Å²) in [5.74, 6) is -0.700. The predicted octanol–water partition coefficient (Wildman–Crippen LogP) is 0.307. The van der Waals surface area contributed by atoms with Crippen molar-refractivity contribution in [3.63, 3.8) is 0 Å². The summed E-state index contributed by atoms with van der Waals surface area (Å²) >= 11 is 0. The summed E-state index contributed by atoms with van der Waals surface area (Å²) < 4.78 is 0. The second-order valence-corrected chi connectivity index (χ2v) is 6.17. The number of aromatic nitrogens is 1. The molecule has 7 heteroatoms. The molecule has 2 amide bonds. The van der Waals surface area contributed by atoms with Crippen molar-refractivity contribution in [2.24, 2.45) is 11.8 Å². The highest BCUT2D eigenvalue weighted by molar-refractivity contribution is 6.08. The first kappa shape index (κ1) is 15.6. The van der Waals surface area contributed by atoms with Crippen LogP contribution in [-0.2, 0) is 9.59 Å². The number of pyridine rings is 1. The minimum Gasteiger partial charge on any atom is -0.391 e. The zero-order valence-corrected chi connectivity index (χ0v) is 13.0. The largest absolute Gasteiger partial charge is 0.391 e. The van der Waals surface area contributed by atoms with Gasteiger partial charge in [0, 0.05) is 6.20 Å². The summed E-state index contributed by atoms with van der Waals surface area (Å²) in [4.78, 5) is 28.3. The van der Waals surface area contributed by atoms with Gasteiger partial charge in [0.25, 0.3) is 0 Å². The first-order valence-corrected chi connectivity index (χ1v) is 7.66. The number of anilines is 1. The molecule has 1 aromatic heterocycles. The summed E-state index contributed by atoms with van der Waals surface area (Å²) in [5, 5.41) is 14.5. The van der Waals surface area contributed by atoms with Gasteiger partial charge in [-0.05, 0) is 18.1 Å². The van der Waals surface area contributed by atoms with E-state index in [1.165, 1.54) is 0 Å². The number of hydrogen-bond acceptors (Lipinski definition) is 6. The van der Waals surface area contributed by atoms with Crippen LogP contribution in [0.3, 0.4) is 0 Å². The van der Waals surface area contributed by atoms with Crippen LogP contribution in [0.2, 0.25) is 0 Å². The van der Waals surface area contributed by atoms with Gasteiger partial charge in [0.15, 0.2) is 0 Å². The number of hydrogen-bond donors (Lipinski definition) is 3. The third-order valence-electron chi connectivity index (χ3n) is 4.24. The van der Waals surface area contributed by atoms with E-state index in [-0.39, 0.29) is 17.7 Å². The highest BCUT2D eigenvalue weighted by Gasteiger charge is 2.49. The van der Waals surface area contributed by atoms with Gasteiger partial charge in [0.05, 0.1) is 18.1 Å². The normalized spacial score (nSPS) is 28.6. The van der Waals surface area contributed by atoms with Crippen LogP contribution in [0.1, 0.15) is 13.8 Å². The van der Waals surface area contributed by atoms with Crippen LogP contribution in [-0.4, -0.2) is 45.1 Å². The number of fused-ring (bicyclic) bond motifs is 1. The molecule has 23 heavy (non-hydrogen) atoms. The van der Waals surface area contributed by atoms with Crippen molar-refractivity contribution in [3.8, 4) is 0 Å². The lowest BCUT2D eigenvalue weighted by molar-refractivity contribution is -0.126. The van der Waals surface area contributed by atoms with Crippen LogP contribution in [0.15, 0.2) is 36.5 Å². The number of nitrogens with one attached hydrogen (secondary N) is 2. The van der Waals surface area contributed by atoms with Gasteiger partial charge < -0.3 is 10.5 Å². The molecule has 4 atom stereocenters. The Morgan fingerprint density at radius 1 is 1.26 bits per heavy atom. The molecule has 0 radical (unpaired) electrons. The molecule has 4 unspecified atom stereocenters. The average Bonchev–Trinajstić information content (AvgIpc) is 2.83. The molecule has 7 nitrogen and oxygen atoms in total. The number of imide groups is 1. The number of nitrogens with zero attached hydrogens (tertiary/aromatic N) is 2. The molecule has 1 aromatic rings. The fourth-order valence-electron chi connectivity index (χ4n) is 2.97. The summed E-state index contributed by atoms with van der Waals surface area (Å²) in [6.07, 6.45) is 4.43. The Hall–Kier alpha value is -2.25. The molecule has 3 N–H and O–H groups in total. The van der Waals surface area contributed by atoms with Crippen LogP contribution < -0.4 is 10.7 Å². The van der Waals surface area contributed by atoms with Gasteiger partial charge >= 0.3 is 0 Å². The molecule has 1 fully saturated rings. The van der Waals surface area contributed by atoms with Crippen molar-refractivity contribution in [3.05, 3.63) is 36.5 Å². The maximum atomic E-state index is 12.2. The molecule has 2 aliphatic rings. The Morgan fingerprint density at radius 3 is 2.70 bits per heavy atom. The monoisotopic (exact) mass is 316 g/mol. The van der Waals surface area contributed by atoms with Crippen LogP contribution in [0.25, 0.3) is 0 Å². The Bertz CT molecular complexity index is 631. The lowest BCUT2D eigenvalue weighted by Crippen LogP contribution is -2.58. The standard InChI is InChI=1S/C16H20N4O3/c1-9(2)14(21)11-7-6-10-13(16(23)18-15(10)22)20(11)19-12-5-3-4-8-17-12/h3-11,13-14,21H,1-2H3,(H,17,19)(H,18,22,23). The summed E-state index contributed by atoms with van der Waals surface area (Å²) in [6, 6.07) is 4.24. The van der Waals surface area contributed by atoms with E-state index < -0.39 is 24.1 Å². The SMILES string of the molecule is CC(C)C(O)C1C=CC2C(=O)NC(=O)C2N1Nc1ccccn1. The van der Waals surface area contributed by atoms with Gasteiger partial charge in [-0.1, -0.05) is 32.1 Å². The zero-order valence-electron chi connectivity index (χ0n) is 13.0. The molecule has 3 heterocycles. The smallest absolute Gasteiger partial charge is 0.246 e. The number of carbonyl (C=O) groups excluding carboxylic acids is 2. The number of hydrazine groups is 1. The van der Waals surface area contributed by atoms with Crippen LogP contribution in [0.4, 0.5) is 5.82 Å². The third-order valence-corrected chi connectivity index (χ3v) is 4.24. The van der Waals surface area contributed by atoms with Crippen molar-refractivity contribution in [2.45, 2.75) is 32.0 Å². The van der Waals surface area contributed by atoms with E-state index in [2.05, 4.69) is 15.7 Å². The number of amides is 2. The lowest BCUT2D eigenvalue weighted by atomic mass is 9.89. The molecular formula is C16H20N4O3. The van der Waals surface area contributed by atoms with Gasteiger partial charge in [-0.2, -0.15) is 5.01 Å². The Labute approximate surface area is 134 Å². The number of carbonyl (C=O) groups is 2. The quantitative estimate of drug-likeness (QED) is 0.546. The van der Waals surface area contributed by atoms with Crippen LogP contribution in [0.5, 0.6) is 0 Å². The number of aliphatic hydroxyl groups is 1. The molecule has 2 aliphatic heterocycles. The maximum Gasteiger partial charge on any atom is 0.246 e. The topological polar surface area (TPSA) is 94.6 Å². The van der Waals surface area contributed by atoms with E-state index in [1.54, 1.807) is 35.5 Å². The zero-order chi connectivity index (χ0) is 16.6. The van der Waals surface area contributed by atoms with Gasteiger partial charge in [-0.15, -0.1) is 0 Å². The van der Waals surface area contributed by atoms with Crippen LogP contribution in [0, 0.1) is 11.8 Å². The first-order chi connectivity index (χ1) is 11.0. The Balaban J connectivity index is 1.95. The van der Waals surface area contributed by atoms with E-state index in [4.69, 9.17) is 0 Å². The van der Waals surface area contributed by atoms with Crippen molar-refractivity contribution in [2.75, 3.05) is 5.43 Å². The fourth-order valence-corrected chi connectivity index (χ4v) is 2.97. The van der Waals surface area contributed by atoms with Gasteiger partial charge in [0.1, 0.15) is 11.9 Å². The van der Waals surface area contributed by atoms with Gasteiger partial charge in [-0.3, -0.25) is 14.9 Å². The Morgan fingerprint density at radius 2 is 2.04 bits per heavy atom. The molecule has 0 spiro atoms. The second kappa shape index (κ2) is 6.10. The van der Waals surface area contributed by atoms with Crippen molar-refractivity contribution in [1.29, 1.82) is 0 Å². The molecule has 0 aliphatic carbocycles. The molecule has 0 bridgehead atoms. The van der Waals surface area contributed by atoms with Crippen molar-refractivity contribution < 1.29 is 14.7 Å². The van der Waals surface area contributed by atoms with Crippen molar-refractivity contribution in [1.82, 2.24) is 15.3 Å². The Kier molecular flexibility index (Phi) is 4.14. The fraction of sp³-hybridized carbons (Fsp3) is 0.438. The maximum absolute atomic E-state index is 12.2. The molecule has 122 valence electrons. The molecule has 0 aromatic carbocycles. The van der Waals surface area contributed by atoms with E-state index in [0.29, 0.717) is 5.82 Å². The lowest BCUT2D eigenvalue weighted by Gasteiger charge is -2.41. The van der Waals surface area contributed by atoms with E-state index in [0.717, 1.165) is 0 Å².